The van der Waals surface area contributed by atoms with Crippen LogP contribution in [0.3, 0.4) is 0 Å². The van der Waals surface area contributed by atoms with Crippen molar-refractivity contribution in [2.45, 2.75) is 19.6 Å². The SMILES string of the molecule is C=CCn1c(=O)c(=O)n(CC(=O)N2CCN(Cc3ccccc3)CC2)c2ccccc21. The summed E-state index contributed by atoms with van der Waals surface area (Å²) in [6.07, 6.45) is 1.58. The molecule has 0 atom stereocenters. The molecule has 0 unspecified atom stereocenters. The lowest BCUT2D eigenvalue weighted by molar-refractivity contribution is -0.133. The molecule has 7 heteroatoms. The van der Waals surface area contributed by atoms with Crippen molar-refractivity contribution in [1.82, 2.24) is 18.9 Å². The molecule has 4 rings (SSSR count). The van der Waals surface area contributed by atoms with Crippen molar-refractivity contribution in [3.63, 3.8) is 0 Å². The average Bonchev–Trinajstić information content (AvgIpc) is 2.80. The number of piperazine rings is 1. The van der Waals surface area contributed by atoms with Crippen molar-refractivity contribution in [3.05, 3.63) is 93.5 Å². The van der Waals surface area contributed by atoms with Gasteiger partial charge in [-0.25, -0.2) is 0 Å². The molecule has 2 aromatic carbocycles. The zero-order chi connectivity index (χ0) is 21.8. The molecule has 160 valence electrons. The van der Waals surface area contributed by atoms with Crippen molar-refractivity contribution in [3.8, 4) is 0 Å². The first-order chi connectivity index (χ1) is 15.1. The van der Waals surface area contributed by atoms with Crippen LogP contribution in [0.4, 0.5) is 0 Å². The highest BCUT2D eigenvalue weighted by Gasteiger charge is 2.23. The van der Waals surface area contributed by atoms with Gasteiger partial charge in [-0.1, -0.05) is 48.5 Å². The number of fused-ring (bicyclic) bond motifs is 1. The molecule has 1 saturated heterocycles. The fourth-order valence-corrected chi connectivity index (χ4v) is 4.07. The van der Waals surface area contributed by atoms with E-state index < -0.39 is 11.1 Å². The number of carbonyl (C=O) groups excluding carboxylic acids is 1. The molecular weight excluding hydrogens is 392 g/mol. The van der Waals surface area contributed by atoms with E-state index in [0.29, 0.717) is 24.1 Å². The Morgan fingerprint density at radius 3 is 2.06 bits per heavy atom. The Bertz CT molecular complexity index is 1200. The van der Waals surface area contributed by atoms with E-state index in [9.17, 15) is 14.4 Å². The number of allylic oxidation sites excluding steroid dienone is 1. The minimum atomic E-state index is -0.684. The minimum Gasteiger partial charge on any atom is -0.339 e. The highest BCUT2D eigenvalue weighted by molar-refractivity contribution is 5.80. The van der Waals surface area contributed by atoms with Crippen molar-refractivity contribution < 1.29 is 4.79 Å². The lowest BCUT2D eigenvalue weighted by atomic mass is 10.2. The van der Waals surface area contributed by atoms with E-state index in [-0.39, 0.29) is 19.0 Å². The Hall–Kier alpha value is -3.45. The van der Waals surface area contributed by atoms with E-state index in [4.69, 9.17) is 0 Å². The van der Waals surface area contributed by atoms with Gasteiger partial charge in [-0.15, -0.1) is 6.58 Å². The number of para-hydroxylation sites is 2. The van der Waals surface area contributed by atoms with E-state index in [1.165, 1.54) is 14.7 Å². The Morgan fingerprint density at radius 1 is 0.839 bits per heavy atom. The number of benzene rings is 2. The molecule has 0 bridgehead atoms. The molecule has 7 nitrogen and oxygen atoms in total. The third-order valence-electron chi connectivity index (χ3n) is 5.72. The third kappa shape index (κ3) is 4.36. The molecule has 0 saturated carbocycles. The number of amides is 1. The van der Waals surface area contributed by atoms with Crippen molar-refractivity contribution in [1.29, 1.82) is 0 Å². The van der Waals surface area contributed by atoms with Crippen LogP contribution in [0.2, 0.25) is 0 Å². The summed E-state index contributed by atoms with van der Waals surface area (Å²) in [6, 6.07) is 17.4. The average molecular weight is 418 g/mol. The summed E-state index contributed by atoms with van der Waals surface area (Å²) in [7, 11) is 0. The van der Waals surface area contributed by atoms with Crippen molar-refractivity contribution in [2.24, 2.45) is 0 Å². The Morgan fingerprint density at radius 2 is 1.42 bits per heavy atom. The van der Waals surface area contributed by atoms with Gasteiger partial charge in [0, 0.05) is 39.3 Å². The van der Waals surface area contributed by atoms with E-state index in [0.717, 1.165) is 19.6 Å². The van der Waals surface area contributed by atoms with Gasteiger partial charge in [0.25, 0.3) is 0 Å². The Kier molecular flexibility index (Phi) is 6.13. The smallest absolute Gasteiger partial charge is 0.317 e. The third-order valence-corrected chi connectivity index (χ3v) is 5.72. The molecule has 0 N–H and O–H groups in total. The maximum Gasteiger partial charge on any atom is 0.317 e. The molecule has 3 aromatic rings. The number of rotatable bonds is 6. The number of aromatic nitrogens is 2. The summed E-state index contributed by atoms with van der Waals surface area (Å²) in [5.41, 5.74) is 1.12. The normalized spacial score (nSPS) is 14.6. The zero-order valence-electron chi connectivity index (χ0n) is 17.4. The van der Waals surface area contributed by atoms with Crippen LogP contribution >= 0.6 is 0 Å². The van der Waals surface area contributed by atoms with Crippen molar-refractivity contribution in [2.75, 3.05) is 26.2 Å². The highest BCUT2D eigenvalue weighted by Crippen LogP contribution is 2.12. The fraction of sp³-hybridized carbons (Fsp3) is 0.292. The molecule has 1 fully saturated rings. The molecule has 1 amide bonds. The van der Waals surface area contributed by atoms with Crippen LogP contribution < -0.4 is 11.1 Å². The van der Waals surface area contributed by atoms with E-state index in [1.54, 1.807) is 29.2 Å². The molecule has 1 aliphatic rings. The number of hydrogen-bond donors (Lipinski definition) is 0. The van der Waals surface area contributed by atoms with Crippen LogP contribution in [0, 0.1) is 0 Å². The first kappa shape index (κ1) is 20.8. The first-order valence-corrected chi connectivity index (χ1v) is 10.5. The maximum absolute atomic E-state index is 13.0. The molecular formula is C24H26N4O3. The highest BCUT2D eigenvalue weighted by atomic mass is 16.2. The van der Waals surface area contributed by atoms with Crippen LogP contribution in [0.1, 0.15) is 5.56 Å². The van der Waals surface area contributed by atoms with E-state index in [1.807, 2.05) is 24.3 Å². The predicted octanol–water partition coefficient (Wildman–Crippen LogP) is 1.69. The minimum absolute atomic E-state index is 0.137. The summed E-state index contributed by atoms with van der Waals surface area (Å²) < 4.78 is 2.70. The second kappa shape index (κ2) is 9.14. The maximum atomic E-state index is 13.0. The molecule has 2 heterocycles. The molecule has 1 aliphatic heterocycles. The topological polar surface area (TPSA) is 67.5 Å². The Balaban J connectivity index is 1.50. The number of carbonyl (C=O) groups is 1. The van der Waals surface area contributed by atoms with Gasteiger partial charge in [0.2, 0.25) is 5.91 Å². The fourth-order valence-electron chi connectivity index (χ4n) is 4.07. The van der Waals surface area contributed by atoms with Crippen LogP contribution in [-0.4, -0.2) is 51.0 Å². The molecule has 0 spiro atoms. The second-order valence-corrected chi connectivity index (χ2v) is 7.73. The first-order valence-electron chi connectivity index (χ1n) is 10.5. The standard InChI is InChI=1S/C24H26N4O3/c1-2-12-27-20-10-6-7-11-21(20)28(24(31)23(27)30)18-22(29)26-15-13-25(14-16-26)17-19-8-4-3-5-9-19/h2-11H,1,12-18H2. The van der Waals surface area contributed by atoms with Gasteiger partial charge in [0.15, 0.2) is 0 Å². The summed E-state index contributed by atoms with van der Waals surface area (Å²) in [6.45, 7) is 7.38. The van der Waals surface area contributed by atoms with Gasteiger partial charge >= 0.3 is 11.1 Å². The Labute approximate surface area is 180 Å². The quantitative estimate of drug-likeness (QED) is 0.451. The van der Waals surface area contributed by atoms with Crippen LogP contribution in [0.25, 0.3) is 11.0 Å². The van der Waals surface area contributed by atoms with E-state index in [2.05, 4.69) is 23.6 Å². The summed E-state index contributed by atoms with van der Waals surface area (Å²) in [5, 5.41) is 0. The largest absolute Gasteiger partial charge is 0.339 e. The predicted molar refractivity (Wildman–Crippen MR) is 121 cm³/mol. The van der Waals surface area contributed by atoms with Gasteiger partial charge in [0.1, 0.15) is 6.54 Å². The number of hydrogen-bond acceptors (Lipinski definition) is 4. The van der Waals surface area contributed by atoms with Gasteiger partial charge < -0.3 is 4.90 Å². The molecule has 31 heavy (non-hydrogen) atoms. The van der Waals surface area contributed by atoms with Gasteiger partial charge in [-0.05, 0) is 17.7 Å². The van der Waals surface area contributed by atoms with Crippen molar-refractivity contribution >= 4 is 16.9 Å². The van der Waals surface area contributed by atoms with E-state index >= 15 is 0 Å². The van der Waals surface area contributed by atoms with Gasteiger partial charge in [-0.3, -0.25) is 28.4 Å². The van der Waals surface area contributed by atoms with Crippen LogP contribution in [0.15, 0.2) is 76.8 Å². The molecule has 0 aliphatic carbocycles. The summed E-state index contributed by atoms with van der Waals surface area (Å²) >= 11 is 0. The van der Waals surface area contributed by atoms with Gasteiger partial charge in [0.05, 0.1) is 11.0 Å². The molecule has 1 aromatic heterocycles. The zero-order valence-corrected chi connectivity index (χ0v) is 17.4. The summed E-state index contributed by atoms with van der Waals surface area (Å²) in [4.78, 5) is 42.5. The second-order valence-electron chi connectivity index (χ2n) is 7.73. The lowest BCUT2D eigenvalue weighted by Gasteiger charge is -2.35. The van der Waals surface area contributed by atoms with Crippen LogP contribution in [0.5, 0.6) is 0 Å². The summed E-state index contributed by atoms with van der Waals surface area (Å²) in [5.74, 6) is -0.146. The monoisotopic (exact) mass is 418 g/mol. The van der Waals surface area contributed by atoms with Gasteiger partial charge in [-0.2, -0.15) is 0 Å². The van der Waals surface area contributed by atoms with Crippen LogP contribution in [-0.2, 0) is 24.4 Å². The number of nitrogens with zero attached hydrogens (tertiary/aromatic N) is 4. The molecule has 0 radical (unpaired) electrons. The lowest BCUT2D eigenvalue weighted by Crippen LogP contribution is -2.50.